The molecule has 2 aromatic rings. The molecule has 1 saturated heterocycles. The Balaban J connectivity index is 1.53. The van der Waals surface area contributed by atoms with Crippen molar-refractivity contribution in [3.8, 4) is 0 Å². The predicted molar refractivity (Wildman–Crippen MR) is 103 cm³/mol. The zero-order valence-corrected chi connectivity index (χ0v) is 15.8. The first-order valence-corrected chi connectivity index (χ1v) is 9.11. The van der Waals surface area contributed by atoms with Crippen LogP contribution in [0.15, 0.2) is 53.0 Å². The number of halogens is 2. The molecule has 3 rings (SSSR count). The van der Waals surface area contributed by atoms with Gasteiger partial charge >= 0.3 is 0 Å². The van der Waals surface area contributed by atoms with Crippen molar-refractivity contribution in [3.05, 3.63) is 58.8 Å². The van der Waals surface area contributed by atoms with Gasteiger partial charge in [0.15, 0.2) is 0 Å². The maximum absolute atomic E-state index is 13.0. The number of para-hydroxylation sites is 1. The number of carbonyl (C=O) groups excluding carboxylic acids is 3. The number of benzene rings is 2. The molecule has 0 radical (unpaired) electrons. The Labute approximate surface area is 163 Å². The van der Waals surface area contributed by atoms with Crippen LogP contribution in [-0.2, 0) is 14.4 Å². The van der Waals surface area contributed by atoms with Gasteiger partial charge in [-0.05, 0) is 52.3 Å². The summed E-state index contributed by atoms with van der Waals surface area (Å²) in [5.74, 6) is -1.89. The van der Waals surface area contributed by atoms with Crippen LogP contribution < -0.4 is 15.5 Å². The van der Waals surface area contributed by atoms with Gasteiger partial charge in [-0.1, -0.05) is 12.1 Å². The molecule has 2 aromatic carbocycles. The number of anilines is 2. The van der Waals surface area contributed by atoms with E-state index in [1.165, 1.54) is 29.2 Å². The number of rotatable bonds is 5. The van der Waals surface area contributed by atoms with Crippen molar-refractivity contribution in [2.45, 2.75) is 6.42 Å². The molecule has 0 aromatic heterocycles. The van der Waals surface area contributed by atoms with Gasteiger partial charge in [0, 0.05) is 23.1 Å². The third-order valence-corrected chi connectivity index (χ3v) is 4.90. The monoisotopic (exact) mass is 433 g/mol. The Morgan fingerprint density at radius 1 is 1.15 bits per heavy atom. The third kappa shape index (κ3) is 4.71. The molecule has 0 bridgehead atoms. The van der Waals surface area contributed by atoms with E-state index >= 15 is 0 Å². The zero-order chi connectivity index (χ0) is 19.4. The van der Waals surface area contributed by atoms with E-state index in [1.807, 2.05) is 6.07 Å². The van der Waals surface area contributed by atoms with Crippen molar-refractivity contribution in [2.75, 3.05) is 23.3 Å². The van der Waals surface area contributed by atoms with Crippen molar-refractivity contribution in [1.82, 2.24) is 5.32 Å². The van der Waals surface area contributed by atoms with Crippen LogP contribution in [0.4, 0.5) is 15.8 Å². The summed E-state index contributed by atoms with van der Waals surface area (Å²) < 4.78 is 13.8. The van der Waals surface area contributed by atoms with E-state index in [4.69, 9.17) is 0 Å². The normalized spacial score (nSPS) is 16.3. The minimum atomic E-state index is -0.557. The van der Waals surface area contributed by atoms with E-state index in [0.29, 0.717) is 11.4 Å². The van der Waals surface area contributed by atoms with Gasteiger partial charge in [0.1, 0.15) is 5.82 Å². The van der Waals surface area contributed by atoms with E-state index in [2.05, 4.69) is 26.6 Å². The molecule has 6 nitrogen and oxygen atoms in total. The van der Waals surface area contributed by atoms with Crippen LogP contribution >= 0.6 is 15.9 Å². The molecular formula is C19H17BrFN3O3. The smallest absolute Gasteiger partial charge is 0.243 e. The molecule has 2 N–H and O–H groups in total. The summed E-state index contributed by atoms with van der Waals surface area (Å²) in [7, 11) is 0. The quantitative estimate of drug-likeness (QED) is 0.760. The molecule has 1 atom stereocenters. The average Bonchev–Trinajstić information content (AvgIpc) is 3.04. The van der Waals surface area contributed by atoms with Crippen LogP contribution in [-0.4, -0.2) is 30.8 Å². The van der Waals surface area contributed by atoms with Gasteiger partial charge in [-0.3, -0.25) is 14.4 Å². The highest BCUT2D eigenvalue weighted by Gasteiger charge is 2.35. The van der Waals surface area contributed by atoms with Crippen molar-refractivity contribution < 1.29 is 18.8 Å². The molecule has 1 aliphatic heterocycles. The SMILES string of the molecule is O=C(CNC(=O)C1CC(=O)N(c2ccc(F)cc2)C1)Nc1ccccc1Br. The van der Waals surface area contributed by atoms with Crippen LogP contribution in [0.1, 0.15) is 6.42 Å². The fourth-order valence-electron chi connectivity index (χ4n) is 2.82. The van der Waals surface area contributed by atoms with Crippen molar-refractivity contribution in [1.29, 1.82) is 0 Å². The van der Waals surface area contributed by atoms with Crippen LogP contribution in [0.2, 0.25) is 0 Å². The number of carbonyl (C=O) groups is 3. The largest absolute Gasteiger partial charge is 0.347 e. The summed E-state index contributed by atoms with van der Waals surface area (Å²) >= 11 is 3.33. The standard InChI is InChI=1S/C19H17BrFN3O3/c20-15-3-1-2-4-16(15)23-17(25)10-22-19(27)12-9-18(26)24(11-12)14-7-5-13(21)6-8-14/h1-8,12H,9-11H2,(H,22,27)(H,23,25). The van der Waals surface area contributed by atoms with E-state index in [9.17, 15) is 18.8 Å². The van der Waals surface area contributed by atoms with E-state index < -0.39 is 11.7 Å². The molecule has 8 heteroatoms. The second-order valence-corrected chi connectivity index (χ2v) is 6.98. The van der Waals surface area contributed by atoms with E-state index in [-0.39, 0.29) is 37.2 Å². The third-order valence-electron chi connectivity index (χ3n) is 4.21. The summed E-state index contributed by atoms with van der Waals surface area (Å²) in [6.07, 6.45) is 0.0507. The second-order valence-electron chi connectivity index (χ2n) is 6.13. The minimum Gasteiger partial charge on any atom is -0.347 e. The molecule has 1 unspecified atom stereocenters. The molecule has 1 fully saturated rings. The Morgan fingerprint density at radius 2 is 1.85 bits per heavy atom. The highest BCUT2D eigenvalue weighted by Crippen LogP contribution is 2.25. The number of hydrogen-bond acceptors (Lipinski definition) is 3. The number of nitrogens with one attached hydrogen (secondary N) is 2. The first kappa shape index (κ1) is 19.0. The van der Waals surface area contributed by atoms with Gasteiger partial charge in [0.2, 0.25) is 17.7 Å². The molecule has 0 saturated carbocycles. The Kier molecular flexibility index (Phi) is 5.85. The van der Waals surface area contributed by atoms with Gasteiger partial charge in [-0.25, -0.2) is 4.39 Å². The summed E-state index contributed by atoms with van der Waals surface area (Å²) in [6, 6.07) is 12.7. The highest BCUT2D eigenvalue weighted by molar-refractivity contribution is 9.10. The maximum Gasteiger partial charge on any atom is 0.243 e. The van der Waals surface area contributed by atoms with Gasteiger partial charge in [0.05, 0.1) is 18.2 Å². The summed E-state index contributed by atoms with van der Waals surface area (Å²) in [4.78, 5) is 37.9. The Hall–Kier alpha value is -2.74. The lowest BCUT2D eigenvalue weighted by Gasteiger charge is -2.16. The van der Waals surface area contributed by atoms with Crippen LogP contribution in [0.5, 0.6) is 0 Å². The van der Waals surface area contributed by atoms with Crippen LogP contribution in [0.3, 0.4) is 0 Å². The number of amides is 3. The Morgan fingerprint density at radius 3 is 2.56 bits per heavy atom. The predicted octanol–water partition coefficient (Wildman–Crippen LogP) is 2.70. The molecular weight excluding hydrogens is 417 g/mol. The molecule has 1 aliphatic rings. The lowest BCUT2D eigenvalue weighted by molar-refractivity contribution is -0.127. The maximum atomic E-state index is 13.0. The lowest BCUT2D eigenvalue weighted by atomic mass is 10.1. The van der Waals surface area contributed by atoms with Crippen LogP contribution in [0, 0.1) is 11.7 Å². The molecule has 140 valence electrons. The topological polar surface area (TPSA) is 78.5 Å². The Bertz CT molecular complexity index is 873. The van der Waals surface area contributed by atoms with Crippen molar-refractivity contribution >= 4 is 45.0 Å². The first-order valence-electron chi connectivity index (χ1n) is 8.32. The molecule has 0 spiro atoms. The fraction of sp³-hybridized carbons (Fsp3) is 0.211. The second kappa shape index (κ2) is 8.30. The van der Waals surface area contributed by atoms with E-state index in [0.717, 1.165) is 4.47 Å². The molecule has 1 heterocycles. The van der Waals surface area contributed by atoms with Crippen LogP contribution in [0.25, 0.3) is 0 Å². The van der Waals surface area contributed by atoms with Gasteiger partial charge in [-0.2, -0.15) is 0 Å². The molecule has 27 heavy (non-hydrogen) atoms. The molecule has 0 aliphatic carbocycles. The van der Waals surface area contributed by atoms with Crippen molar-refractivity contribution in [3.63, 3.8) is 0 Å². The van der Waals surface area contributed by atoms with Gasteiger partial charge in [-0.15, -0.1) is 0 Å². The van der Waals surface area contributed by atoms with Crippen molar-refractivity contribution in [2.24, 2.45) is 5.92 Å². The number of hydrogen-bond donors (Lipinski definition) is 2. The van der Waals surface area contributed by atoms with Gasteiger partial charge < -0.3 is 15.5 Å². The summed E-state index contributed by atoms with van der Waals surface area (Å²) in [6.45, 7) is 0.00353. The fourth-order valence-corrected chi connectivity index (χ4v) is 3.21. The number of nitrogens with zero attached hydrogens (tertiary/aromatic N) is 1. The minimum absolute atomic E-state index is 0.0507. The summed E-state index contributed by atoms with van der Waals surface area (Å²) in [5, 5.41) is 5.25. The highest BCUT2D eigenvalue weighted by atomic mass is 79.9. The molecule has 3 amide bonds. The van der Waals surface area contributed by atoms with Gasteiger partial charge in [0.25, 0.3) is 0 Å². The lowest BCUT2D eigenvalue weighted by Crippen LogP contribution is -2.38. The zero-order valence-electron chi connectivity index (χ0n) is 14.2. The first-order chi connectivity index (χ1) is 12.9. The van der Waals surface area contributed by atoms with E-state index in [1.54, 1.807) is 18.2 Å². The average molecular weight is 434 g/mol. The summed E-state index contributed by atoms with van der Waals surface area (Å²) in [5.41, 5.74) is 1.15.